The second-order valence-corrected chi connectivity index (χ2v) is 6.58. The molecule has 1 amide bonds. The molecule has 0 bridgehead atoms. The van der Waals surface area contributed by atoms with E-state index in [2.05, 4.69) is 6.92 Å². The minimum absolute atomic E-state index is 0.0166. The van der Waals surface area contributed by atoms with Gasteiger partial charge in [0.2, 0.25) is 5.91 Å². The summed E-state index contributed by atoms with van der Waals surface area (Å²) in [5.41, 5.74) is 1.32. The number of hydrogen-bond donors (Lipinski definition) is 0. The lowest BCUT2D eigenvalue weighted by Gasteiger charge is -2.30. The predicted octanol–water partition coefficient (Wildman–Crippen LogP) is 2.40. The van der Waals surface area contributed by atoms with Crippen LogP contribution in [0.5, 0.6) is 11.5 Å². The zero-order valence-corrected chi connectivity index (χ0v) is 13.4. The first-order valence-corrected chi connectivity index (χ1v) is 7.67. The molecule has 120 valence electrons. The summed E-state index contributed by atoms with van der Waals surface area (Å²) in [6.07, 6.45) is 2.31. The van der Waals surface area contributed by atoms with Crippen LogP contribution in [0.1, 0.15) is 31.4 Å². The molecule has 2 fully saturated rings. The number of ether oxygens (including phenoxy) is 3. The van der Waals surface area contributed by atoms with Crippen LogP contribution in [0.3, 0.4) is 0 Å². The molecule has 1 aliphatic heterocycles. The van der Waals surface area contributed by atoms with Gasteiger partial charge >= 0.3 is 0 Å². The summed E-state index contributed by atoms with van der Waals surface area (Å²) in [5, 5.41) is 0. The molecule has 1 unspecified atom stereocenters. The fourth-order valence-corrected chi connectivity index (χ4v) is 2.50. The molecular formula is C17H23NO4. The van der Waals surface area contributed by atoms with E-state index in [0.29, 0.717) is 18.6 Å². The SMILES string of the molecule is COc1ccc(C2CN(C)C(=O)CO2)cc1OCC1(C)CC1. The highest BCUT2D eigenvalue weighted by Gasteiger charge is 2.38. The van der Waals surface area contributed by atoms with Crippen LogP contribution in [0.15, 0.2) is 18.2 Å². The third-order valence-electron chi connectivity index (χ3n) is 4.51. The van der Waals surface area contributed by atoms with Gasteiger partial charge in [-0.3, -0.25) is 4.79 Å². The fraction of sp³-hybridized carbons (Fsp3) is 0.588. The van der Waals surface area contributed by atoms with Crippen molar-refractivity contribution in [2.45, 2.75) is 25.9 Å². The van der Waals surface area contributed by atoms with Gasteiger partial charge in [0.25, 0.3) is 0 Å². The van der Waals surface area contributed by atoms with E-state index in [1.165, 1.54) is 12.8 Å². The van der Waals surface area contributed by atoms with Gasteiger partial charge in [0.05, 0.1) is 20.3 Å². The Labute approximate surface area is 131 Å². The fourth-order valence-electron chi connectivity index (χ4n) is 2.50. The lowest BCUT2D eigenvalue weighted by atomic mass is 10.1. The molecule has 1 aliphatic carbocycles. The predicted molar refractivity (Wildman–Crippen MR) is 82.2 cm³/mol. The van der Waals surface area contributed by atoms with E-state index in [4.69, 9.17) is 14.2 Å². The number of carbonyl (C=O) groups is 1. The monoisotopic (exact) mass is 305 g/mol. The van der Waals surface area contributed by atoms with Crippen molar-refractivity contribution in [2.75, 3.05) is 33.9 Å². The zero-order valence-electron chi connectivity index (χ0n) is 13.4. The summed E-state index contributed by atoms with van der Waals surface area (Å²) in [6, 6.07) is 5.84. The van der Waals surface area contributed by atoms with Crippen LogP contribution in [0.2, 0.25) is 0 Å². The quantitative estimate of drug-likeness (QED) is 0.838. The van der Waals surface area contributed by atoms with Crippen LogP contribution >= 0.6 is 0 Å². The van der Waals surface area contributed by atoms with Crippen molar-refractivity contribution in [3.8, 4) is 11.5 Å². The maximum Gasteiger partial charge on any atom is 0.248 e. The molecule has 1 atom stereocenters. The molecule has 0 aromatic heterocycles. The van der Waals surface area contributed by atoms with E-state index in [1.54, 1.807) is 19.1 Å². The zero-order chi connectivity index (χ0) is 15.7. The normalized spacial score (nSPS) is 23.3. The minimum Gasteiger partial charge on any atom is -0.493 e. The van der Waals surface area contributed by atoms with Crippen LogP contribution in [0.4, 0.5) is 0 Å². The van der Waals surface area contributed by atoms with Crippen LogP contribution < -0.4 is 9.47 Å². The molecule has 5 nitrogen and oxygen atoms in total. The Morgan fingerprint density at radius 1 is 1.36 bits per heavy atom. The maximum atomic E-state index is 11.5. The van der Waals surface area contributed by atoms with Gasteiger partial charge in [0.1, 0.15) is 12.7 Å². The first kappa shape index (κ1) is 15.2. The van der Waals surface area contributed by atoms with E-state index in [0.717, 1.165) is 17.1 Å². The van der Waals surface area contributed by atoms with Gasteiger partial charge in [0, 0.05) is 12.5 Å². The first-order chi connectivity index (χ1) is 10.5. The standard InChI is InChI=1S/C17H23NO4/c1-17(6-7-17)11-22-14-8-12(4-5-13(14)20-3)15-9-18(2)16(19)10-21-15/h4-5,8,15H,6-7,9-11H2,1-3H3. The number of carbonyl (C=O) groups excluding carboxylic acids is 1. The van der Waals surface area contributed by atoms with Crippen molar-refractivity contribution in [1.29, 1.82) is 0 Å². The van der Waals surface area contributed by atoms with Crippen LogP contribution in [0, 0.1) is 5.41 Å². The van der Waals surface area contributed by atoms with Crippen molar-refractivity contribution in [1.82, 2.24) is 4.90 Å². The third kappa shape index (κ3) is 3.19. The second-order valence-electron chi connectivity index (χ2n) is 6.58. The van der Waals surface area contributed by atoms with Gasteiger partial charge in [-0.15, -0.1) is 0 Å². The number of morpholine rings is 1. The largest absolute Gasteiger partial charge is 0.493 e. The van der Waals surface area contributed by atoms with E-state index in [9.17, 15) is 4.79 Å². The Balaban J connectivity index is 1.75. The van der Waals surface area contributed by atoms with Gasteiger partial charge in [-0.1, -0.05) is 13.0 Å². The van der Waals surface area contributed by atoms with Crippen molar-refractivity contribution >= 4 is 5.91 Å². The molecule has 3 rings (SSSR count). The minimum atomic E-state index is -0.118. The highest BCUT2D eigenvalue weighted by molar-refractivity contribution is 5.77. The van der Waals surface area contributed by atoms with E-state index >= 15 is 0 Å². The summed E-state index contributed by atoms with van der Waals surface area (Å²) < 4.78 is 17.0. The highest BCUT2D eigenvalue weighted by Crippen LogP contribution is 2.45. The van der Waals surface area contributed by atoms with Gasteiger partial charge in [-0.2, -0.15) is 0 Å². The molecule has 22 heavy (non-hydrogen) atoms. The maximum absolute atomic E-state index is 11.5. The van der Waals surface area contributed by atoms with Crippen molar-refractivity contribution in [2.24, 2.45) is 5.41 Å². The van der Waals surface area contributed by atoms with Gasteiger partial charge in [0.15, 0.2) is 11.5 Å². The third-order valence-corrected chi connectivity index (χ3v) is 4.51. The van der Waals surface area contributed by atoms with Crippen LogP contribution in [-0.4, -0.2) is 44.7 Å². The molecule has 1 saturated heterocycles. The van der Waals surface area contributed by atoms with Crippen LogP contribution in [0.25, 0.3) is 0 Å². The highest BCUT2D eigenvalue weighted by atomic mass is 16.5. The number of nitrogens with zero attached hydrogens (tertiary/aromatic N) is 1. The summed E-state index contributed by atoms with van der Waals surface area (Å²) >= 11 is 0. The second kappa shape index (κ2) is 5.80. The molecule has 1 heterocycles. The lowest BCUT2D eigenvalue weighted by Crippen LogP contribution is -2.40. The molecule has 0 spiro atoms. The van der Waals surface area contributed by atoms with Gasteiger partial charge in [-0.05, 0) is 30.5 Å². The average Bonchev–Trinajstić information content (AvgIpc) is 3.26. The van der Waals surface area contributed by atoms with Crippen molar-refractivity contribution in [3.05, 3.63) is 23.8 Å². The van der Waals surface area contributed by atoms with Crippen molar-refractivity contribution in [3.63, 3.8) is 0 Å². The number of methoxy groups -OCH3 is 1. The number of amides is 1. The molecule has 2 aliphatic rings. The molecule has 1 aromatic rings. The van der Waals surface area contributed by atoms with Gasteiger partial charge < -0.3 is 19.1 Å². The Morgan fingerprint density at radius 3 is 2.77 bits per heavy atom. The smallest absolute Gasteiger partial charge is 0.248 e. The summed E-state index contributed by atoms with van der Waals surface area (Å²) in [5.74, 6) is 1.49. The number of hydrogen-bond acceptors (Lipinski definition) is 4. The summed E-state index contributed by atoms with van der Waals surface area (Å²) in [4.78, 5) is 13.2. The Morgan fingerprint density at radius 2 is 2.14 bits per heavy atom. The number of rotatable bonds is 5. The topological polar surface area (TPSA) is 48.0 Å². The Kier molecular flexibility index (Phi) is 4.00. The van der Waals surface area contributed by atoms with E-state index in [1.807, 2.05) is 18.2 Å². The molecule has 5 heteroatoms. The lowest BCUT2D eigenvalue weighted by molar-refractivity contribution is -0.147. The molecular weight excluding hydrogens is 282 g/mol. The summed E-state index contributed by atoms with van der Waals surface area (Å²) in [7, 11) is 3.44. The molecule has 1 aromatic carbocycles. The van der Waals surface area contributed by atoms with Gasteiger partial charge in [-0.25, -0.2) is 0 Å². The summed E-state index contributed by atoms with van der Waals surface area (Å²) in [6.45, 7) is 3.62. The molecule has 0 radical (unpaired) electrons. The number of benzene rings is 1. The average molecular weight is 305 g/mol. The van der Waals surface area contributed by atoms with Crippen molar-refractivity contribution < 1.29 is 19.0 Å². The first-order valence-electron chi connectivity index (χ1n) is 7.67. The Bertz CT molecular complexity index is 568. The molecule has 0 N–H and O–H groups in total. The number of likely N-dealkylation sites (N-methyl/N-ethyl adjacent to an activating group) is 1. The van der Waals surface area contributed by atoms with E-state index in [-0.39, 0.29) is 18.6 Å². The van der Waals surface area contributed by atoms with E-state index < -0.39 is 0 Å². The molecule has 1 saturated carbocycles. The Hall–Kier alpha value is -1.75. The van der Waals surface area contributed by atoms with Crippen LogP contribution in [-0.2, 0) is 9.53 Å².